The summed E-state index contributed by atoms with van der Waals surface area (Å²) < 4.78 is 10.5. The van der Waals surface area contributed by atoms with E-state index in [4.69, 9.17) is 14.5 Å². The van der Waals surface area contributed by atoms with E-state index in [1.54, 1.807) is 0 Å². The molecule has 2 heterocycles. The smallest absolute Gasteiger partial charge is 0.347 e. The number of allylic oxidation sites excluding steroid dienone is 1. The van der Waals surface area contributed by atoms with Crippen LogP contribution in [0.2, 0.25) is 0 Å². The molecular weight excluding hydrogens is 378 g/mol. The third-order valence-electron chi connectivity index (χ3n) is 5.70. The summed E-state index contributed by atoms with van der Waals surface area (Å²) in [5.74, 6) is -0.955. The summed E-state index contributed by atoms with van der Waals surface area (Å²) in [5, 5.41) is 0.754. The zero-order chi connectivity index (χ0) is 20.7. The normalized spacial score (nSPS) is 19.2. The Labute approximate surface area is 174 Å². The molecule has 0 saturated carbocycles. The highest BCUT2D eigenvalue weighted by Gasteiger charge is 2.33. The maximum Gasteiger partial charge on any atom is 0.347 e. The van der Waals surface area contributed by atoms with Gasteiger partial charge in [0.05, 0.1) is 23.4 Å². The van der Waals surface area contributed by atoms with Gasteiger partial charge >= 0.3 is 11.9 Å². The van der Waals surface area contributed by atoms with Crippen LogP contribution >= 0.6 is 0 Å². The number of fused-ring (bicyclic) bond motifs is 2. The fourth-order valence-electron chi connectivity index (χ4n) is 4.15. The Morgan fingerprint density at radius 1 is 1.13 bits per heavy atom. The number of esters is 2. The van der Waals surface area contributed by atoms with Gasteiger partial charge in [0, 0.05) is 11.8 Å². The molecule has 0 N–H and O–H groups in total. The first kappa shape index (κ1) is 18.6. The Morgan fingerprint density at radius 2 is 1.93 bits per heavy atom. The number of hydrogen-bond acceptors (Lipinski definition) is 5. The Hall–Kier alpha value is -3.47. The largest absolute Gasteiger partial charge is 0.463 e. The second-order valence-corrected chi connectivity index (χ2v) is 7.76. The number of hydrogen-bond donors (Lipinski definition) is 0. The molecule has 0 unspecified atom stereocenters. The van der Waals surface area contributed by atoms with E-state index in [2.05, 4.69) is 37.3 Å². The van der Waals surface area contributed by atoms with Gasteiger partial charge in [-0.1, -0.05) is 48.0 Å². The SMILES string of the molecule is Cc1ccc(/C=C2\CCc3c2nc2ccccc2c3C(=O)O[C@H]2CCOC2=O)cc1. The number of pyridine rings is 1. The molecule has 3 aromatic rings. The van der Waals surface area contributed by atoms with Crippen molar-refractivity contribution in [1.82, 2.24) is 4.98 Å². The lowest BCUT2D eigenvalue weighted by Gasteiger charge is -2.14. The Bertz CT molecular complexity index is 1190. The summed E-state index contributed by atoms with van der Waals surface area (Å²) in [4.78, 5) is 29.8. The van der Waals surface area contributed by atoms with Crippen LogP contribution in [0.25, 0.3) is 22.6 Å². The molecule has 0 spiro atoms. The van der Waals surface area contributed by atoms with Crippen LogP contribution in [0.15, 0.2) is 48.5 Å². The number of ether oxygens (including phenoxy) is 2. The van der Waals surface area contributed by atoms with Crippen LogP contribution < -0.4 is 0 Å². The lowest BCUT2D eigenvalue weighted by atomic mass is 10.0. The van der Waals surface area contributed by atoms with Crippen LogP contribution in [0.3, 0.4) is 0 Å². The van der Waals surface area contributed by atoms with Gasteiger partial charge in [0.25, 0.3) is 0 Å². The van der Waals surface area contributed by atoms with Crippen molar-refractivity contribution in [2.75, 3.05) is 6.61 Å². The number of para-hydroxylation sites is 1. The molecule has 5 nitrogen and oxygen atoms in total. The van der Waals surface area contributed by atoms with E-state index in [0.29, 0.717) is 18.4 Å². The maximum atomic E-state index is 13.1. The predicted octanol–water partition coefficient (Wildman–Crippen LogP) is 4.50. The number of aryl methyl sites for hydroxylation is 1. The van der Waals surface area contributed by atoms with E-state index >= 15 is 0 Å². The van der Waals surface area contributed by atoms with Gasteiger partial charge in [0.1, 0.15) is 0 Å². The van der Waals surface area contributed by atoms with Gasteiger partial charge in [-0.05, 0) is 48.6 Å². The average molecular weight is 399 g/mol. The first-order valence-electron chi connectivity index (χ1n) is 10.2. The summed E-state index contributed by atoms with van der Waals surface area (Å²) in [5.41, 5.74) is 6.42. The molecule has 0 bridgehead atoms. The third kappa shape index (κ3) is 3.26. The van der Waals surface area contributed by atoms with Crippen LogP contribution in [-0.2, 0) is 20.7 Å². The molecule has 1 aromatic heterocycles. The second kappa shape index (κ2) is 7.41. The maximum absolute atomic E-state index is 13.1. The molecule has 2 aromatic carbocycles. The summed E-state index contributed by atoms with van der Waals surface area (Å²) >= 11 is 0. The van der Waals surface area contributed by atoms with Crippen molar-refractivity contribution < 1.29 is 19.1 Å². The van der Waals surface area contributed by atoms with Gasteiger partial charge in [0.15, 0.2) is 0 Å². The minimum atomic E-state index is -0.830. The molecule has 2 aliphatic rings. The molecule has 0 radical (unpaired) electrons. The summed E-state index contributed by atoms with van der Waals surface area (Å²) in [7, 11) is 0. The Morgan fingerprint density at radius 3 is 2.70 bits per heavy atom. The van der Waals surface area contributed by atoms with Crippen molar-refractivity contribution in [3.05, 3.63) is 76.5 Å². The number of cyclic esters (lactones) is 1. The predicted molar refractivity (Wildman–Crippen MR) is 114 cm³/mol. The van der Waals surface area contributed by atoms with Crippen LogP contribution in [0.4, 0.5) is 0 Å². The molecule has 150 valence electrons. The number of carbonyl (C=O) groups excluding carboxylic acids is 2. The van der Waals surface area contributed by atoms with E-state index < -0.39 is 18.0 Å². The van der Waals surface area contributed by atoms with Crippen molar-refractivity contribution >= 4 is 34.5 Å². The lowest BCUT2D eigenvalue weighted by molar-refractivity contribution is -0.145. The number of rotatable bonds is 3. The zero-order valence-electron chi connectivity index (χ0n) is 16.7. The Kier molecular flexibility index (Phi) is 4.58. The monoisotopic (exact) mass is 399 g/mol. The highest BCUT2D eigenvalue weighted by Crippen LogP contribution is 2.38. The summed E-state index contributed by atoms with van der Waals surface area (Å²) in [6, 6.07) is 15.9. The number of benzene rings is 2. The molecule has 30 heavy (non-hydrogen) atoms. The highest BCUT2D eigenvalue weighted by atomic mass is 16.6. The topological polar surface area (TPSA) is 65.5 Å². The van der Waals surface area contributed by atoms with Crippen molar-refractivity contribution in [2.24, 2.45) is 0 Å². The minimum absolute atomic E-state index is 0.287. The fraction of sp³-hybridized carbons (Fsp3) is 0.240. The van der Waals surface area contributed by atoms with Crippen LogP contribution in [0.5, 0.6) is 0 Å². The number of carbonyl (C=O) groups is 2. The van der Waals surface area contributed by atoms with E-state index in [9.17, 15) is 9.59 Å². The van der Waals surface area contributed by atoms with Crippen molar-refractivity contribution in [3.8, 4) is 0 Å². The fourth-order valence-corrected chi connectivity index (χ4v) is 4.15. The molecule has 0 amide bonds. The lowest BCUT2D eigenvalue weighted by Crippen LogP contribution is -2.23. The molecule has 5 rings (SSSR count). The molecule has 1 aliphatic heterocycles. The summed E-state index contributed by atoms with van der Waals surface area (Å²) in [6.45, 7) is 2.35. The molecule has 1 aliphatic carbocycles. The molecule has 1 fully saturated rings. The van der Waals surface area contributed by atoms with Gasteiger partial charge in [0.2, 0.25) is 6.10 Å². The van der Waals surface area contributed by atoms with Crippen LogP contribution in [0, 0.1) is 6.92 Å². The summed E-state index contributed by atoms with van der Waals surface area (Å²) in [6.07, 6.45) is 3.22. The van der Waals surface area contributed by atoms with Crippen molar-refractivity contribution in [2.45, 2.75) is 32.3 Å². The number of nitrogens with zero attached hydrogens (tertiary/aromatic N) is 1. The van der Waals surface area contributed by atoms with Gasteiger partial charge in [-0.2, -0.15) is 0 Å². The molecule has 1 saturated heterocycles. The van der Waals surface area contributed by atoms with Gasteiger partial charge < -0.3 is 9.47 Å². The van der Waals surface area contributed by atoms with Crippen LogP contribution in [-0.4, -0.2) is 29.6 Å². The van der Waals surface area contributed by atoms with E-state index in [0.717, 1.165) is 39.7 Å². The van der Waals surface area contributed by atoms with Gasteiger partial charge in [-0.25, -0.2) is 14.6 Å². The molecule has 5 heteroatoms. The first-order valence-corrected chi connectivity index (χ1v) is 10.2. The minimum Gasteiger partial charge on any atom is -0.463 e. The van der Waals surface area contributed by atoms with Crippen LogP contribution in [0.1, 0.15) is 45.6 Å². The number of aromatic nitrogens is 1. The van der Waals surface area contributed by atoms with Gasteiger partial charge in [-0.15, -0.1) is 0 Å². The van der Waals surface area contributed by atoms with Crippen molar-refractivity contribution in [1.29, 1.82) is 0 Å². The van der Waals surface area contributed by atoms with Gasteiger partial charge in [-0.3, -0.25) is 0 Å². The van der Waals surface area contributed by atoms with E-state index in [-0.39, 0.29) is 6.61 Å². The zero-order valence-corrected chi connectivity index (χ0v) is 16.7. The quantitative estimate of drug-likeness (QED) is 0.607. The third-order valence-corrected chi connectivity index (χ3v) is 5.70. The molecular formula is C25H21NO4. The standard InChI is InChI=1S/C25H21NO4/c1-15-6-8-16(9-7-15)14-17-10-11-19-22(25(28)30-21-12-13-29-24(21)27)18-4-2-3-5-20(18)26-23(17)19/h2-9,14,21H,10-13H2,1H3/b17-14+/t21-/m0/s1. The highest BCUT2D eigenvalue weighted by molar-refractivity contribution is 6.07. The second-order valence-electron chi connectivity index (χ2n) is 7.76. The molecule has 1 atom stereocenters. The van der Waals surface area contributed by atoms with Crippen molar-refractivity contribution in [3.63, 3.8) is 0 Å². The Balaban J connectivity index is 1.60. The average Bonchev–Trinajstić information content (AvgIpc) is 3.34. The van der Waals surface area contributed by atoms with E-state index in [1.165, 1.54) is 5.56 Å². The first-order chi connectivity index (χ1) is 14.6. The van der Waals surface area contributed by atoms with E-state index in [1.807, 2.05) is 24.3 Å².